The fraction of sp³-hybridized carbons (Fsp3) is 0.562. The van der Waals surface area contributed by atoms with Gasteiger partial charge in [-0.1, -0.05) is 45.0 Å². The summed E-state index contributed by atoms with van der Waals surface area (Å²) >= 11 is 0. The van der Waals surface area contributed by atoms with E-state index in [1.807, 2.05) is 13.8 Å². The van der Waals surface area contributed by atoms with E-state index in [1.165, 1.54) is 11.1 Å². The van der Waals surface area contributed by atoms with Crippen molar-refractivity contribution in [1.82, 2.24) is 5.32 Å². The molecule has 0 aliphatic heterocycles. The Kier molecular flexibility index (Phi) is 6.03. The first-order chi connectivity index (χ1) is 8.99. The van der Waals surface area contributed by atoms with Crippen LogP contribution >= 0.6 is 0 Å². The van der Waals surface area contributed by atoms with Crippen LogP contribution in [0.3, 0.4) is 0 Å². The zero-order chi connectivity index (χ0) is 14.3. The first-order valence-corrected chi connectivity index (χ1v) is 7.06. The minimum atomic E-state index is -0.374. The number of carbonyl (C=O) groups is 1. The van der Waals surface area contributed by atoms with E-state index in [-0.39, 0.29) is 11.3 Å². The highest BCUT2D eigenvalue weighted by atomic mass is 16.2. The van der Waals surface area contributed by atoms with Gasteiger partial charge in [0.25, 0.3) is 0 Å². The molecule has 0 spiro atoms. The molecule has 0 saturated carbocycles. The number of nitrogens with one attached hydrogen (secondary N) is 1. The molecule has 3 N–H and O–H groups in total. The molecule has 0 saturated heterocycles. The van der Waals surface area contributed by atoms with Crippen LogP contribution in [0, 0.1) is 5.41 Å². The molecule has 0 atom stereocenters. The van der Waals surface area contributed by atoms with Gasteiger partial charge in [0, 0.05) is 12.0 Å². The summed E-state index contributed by atoms with van der Waals surface area (Å²) in [6.45, 7) is 7.24. The van der Waals surface area contributed by atoms with Crippen molar-refractivity contribution in [3.8, 4) is 0 Å². The number of amides is 1. The Morgan fingerprint density at radius 2 is 1.79 bits per heavy atom. The van der Waals surface area contributed by atoms with Crippen LogP contribution in [0.1, 0.15) is 38.3 Å². The van der Waals surface area contributed by atoms with Gasteiger partial charge in [0.15, 0.2) is 0 Å². The average Bonchev–Trinajstić information content (AvgIpc) is 2.39. The van der Waals surface area contributed by atoms with E-state index < -0.39 is 0 Å². The SMILES string of the molecule is CCc1ccc(CCNC(=O)C(C)(C)CCN)cc1. The number of nitrogens with two attached hydrogens (primary N) is 1. The minimum absolute atomic E-state index is 0.0862. The molecule has 0 unspecified atom stereocenters. The molecule has 0 fully saturated rings. The van der Waals surface area contributed by atoms with Gasteiger partial charge in [-0.25, -0.2) is 0 Å². The van der Waals surface area contributed by atoms with Gasteiger partial charge in [-0.2, -0.15) is 0 Å². The summed E-state index contributed by atoms with van der Waals surface area (Å²) in [4.78, 5) is 12.0. The summed E-state index contributed by atoms with van der Waals surface area (Å²) in [6, 6.07) is 8.57. The standard InChI is InChI=1S/C16H26N2O/c1-4-13-5-7-14(8-6-13)9-12-18-15(19)16(2,3)10-11-17/h5-8H,4,9-12,17H2,1-3H3,(H,18,19). The van der Waals surface area contributed by atoms with Crippen LogP contribution in [-0.4, -0.2) is 19.0 Å². The first kappa shape index (κ1) is 15.7. The largest absolute Gasteiger partial charge is 0.355 e. The molecule has 3 heteroatoms. The molecule has 3 nitrogen and oxygen atoms in total. The number of carbonyl (C=O) groups excluding carboxylic acids is 1. The molecule has 0 aromatic heterocycles. The van der Waals surface area contributed by atoms with Crippen molar-refractivity contribution in [1.29, 1.82) is 0 Å². The number of hydrogen-bond donors (Lipinski definition) is 2. The first-order valence-electron chi connectivity index (χ1n) is 7.06. The highest BCUT2D eigenvalue weighted by molar-refractivity contribution is 5.81. The molecule has 1 amide bonds. The molecule has 0 bridgehead atoms. The van der Waals surface area contributed by atoms with Gasteiger partial charge in [-0.05, 0) is 36.9 Å². The Morgan fingerprint density at radius 1 is 1.21 bits per heavy atom. The fourth-order valence-electron chi connectivity index (χ4n) is 1.98. The summed E-state index contributed by atoms with van der Waals surface area (Å²) in [5.74, 6) is 0.0862. The van der Waals surface area contributed by atoms with Gasteiger partial charge in [-0.15, -0.1) is 0 Å². The summed E-state index contributed by atoms with van der Waals surface area (Å²) in [7, 11) is 0. The Hall–Kier alpha value is -1.35. The lowest BCUT2D eigenvalue weighted by molar-refractivity contribution is -0.129. The predicted octanol–water partition coefficient (Wildman–Crippen LogP) is 2.28. The third-order valence-corrected chi connectivity index (χ3v) is 3.51. The van der Waals surface area contributed by atoms with Crippen LogP contribution in [0.5, 0.6) is 0 Å². The second-order valence-corrected chi connectivity index (χ2v) is 5.60. The zero-order valence-corrected chi connectivity index (χ0v) is 12.3. The van der Waals surface area contributed by atoms with Crippen molar-refractivity contribution in [3.05, 3.63) is 35.4 Å². The van der Waals surface area contributed by atoms with Gasteiger partial charge in [-0.3, -0.25) is 4.79 Å². The smallest absolute Gasteiger partial charge is 0.225 e. The molecular formula is C16H26N2O. The van der Waals surface area contributed by atoms with Crippen LogP contribution in [0.2, 0.25) is 0 Å². The summed E-state index contributed by atoms with van der Waals surface area (Å²) in [5, 5.41) is 2.99. The van der Waals surface area contributed by atoms with Gasteiger partial charge < -0.3 is 11.1 Å². The summed E-state index contributed by atoms with van der Waals surface area (Å²) in [5.41, 5.74) is 7.75. The van der Waals surface area contributed by atoms with Crippen molar-refractivity contribution in [2.45, 2.75) is 40.0 Å². The van der Waals surface area contributed by atoms with Crippen LogP contribution in [0.25, 0.3) is 0 Å². The average molecular weight is 262 g/mol. The van der Waals surface area contributed by atoms with Crippen molar-refractivity contribution >= 4 is 5.91 Å². The Morgan fingerprint density at radius 3 is 2.32 bits per heavy atom. The predicted molar refractivity (Wildman–Crippen MR) is 80.0 cm³/mol. The number of aryl methyl sites for hydroxylation is 1. The molecule has 0 radical (unpaired) electrons. The molecule has 1 aromatic carbocycles. The number of hydrogen-bond acceptors (Lipinski definition) is 2. The maximum absolute atomic E-state index is 12.0. The topological polar surface area (TPSA) is 55.1 Å². The van der Waals surface area contributed by atoms with E-state index in [1.54, 1.807) is 0 Å². The van der Waals surface area contributed by atoms with Crippen LogP contribution in [-0.2, 0) is 17.6 Å². The van der Waals surface area contributed by atoms with E-state index in [4.69, 9.17) is 5.73 Å². The van der Waals surface area contributed by atoms with Crippen LogP contribution in [0.15, 0.2) is 24.3 Å². The lowest BCUT2D eigenvalue weighted by atomic mass is 9.88. The molecular weight excluding hydrogens is 236 g/mol. The van der Waals surface area contributed by atoms with Crippen molar-refractivity contribution < 1.29 is 4.79 Å². The summed E-state index contributed by atoms with van der Waals surface area (Å²) in [6.07, 6.45) is 2.64. The fourth-order valence-corrected chi connectivity index (χ4v) is 1.98. The number of benzene rings is 1. The Balaban J connectivity index is 2.39. The highest BCUT2D eigenvalue weighted by Crippen LogP contribution is 2.19. The highest BCUT2D eigenvalue weighted by Gasteiger charge is 2.25. The molecule has 0 heterocycles. The van der Waals surface area contributed by atoms with E-state index in [0.29, 0.717) is 19.5 Å². The molecule has 0 aliphatic rings. The monoisotopic (exact) mass is 262 g/mol. The number of rotatable bonds is 7. The second kappa shape index (κ2) is 7.29. The van der Waals surface area contributed by atoms with Gasteiger partial charge in [0.1, 0.15) is 0 Å². The second-order valence-electron chi connectivity index (χ2n) is 5.60. The lowest BCUT2D eigenvalue weighted by Gasteiger charge is -2.22. The minimum Gasteiger partial charge on any atom is -0.355 e. The Labute approximate surface area is 116 Å². The van der Waals surface area contributed by atoms with E-state index in [0.717, 1.165) is 12.8 Å². The maximum Gasteiger partial charge on any atom is 0.225 e. The third kappa shape index (κ3) is 5.03. The van der Waals surface area contributed by atoms with E-state index in [9.17, 15) is 4.79 Å². The van der Waals surface area contributed by atoms with Crippen molar-refractivity contribution in [2.75, 3.05) is 13.1 Å². The quantitative estimate of drug-likeness (QED) is 0.792. The molecule has 0 aliphatic carbocycles. The zero-order valence-electron chi connectivity index (χ0n) is 12.3. The lowest BCUT2D eigenvalue weighted by Crippen LogP contribution is -2.39. The third-order valence-electron chi connectivity index (χ3n) is 3.51. The molecule has 1 rings (SSSR count). The Bertz CT molecular complexity index is 396. The summed E-state index contributed by atoms with van der Waals surface area (Å²) < 4.78 is 0. The van der Waals surface area contributed by atoms with Crippen LogP contribution < -0.4 is 11.1 Å². The van der Waals surface area contributed by atoms with Crippen LogP contribution in [0.4, 0.5) is 0 Å². The molecule has 1 aromatic rings. The van der Waals surface area contributed by atoms with E-state index >= 15 is 0 Å². The van der Waals surface area contributed by atoms with Gasteiger partial charge in [0.05, 0.1) is 0 Å². The van der Waals surface area contributed by atoms with E-state index in [2.05, 4.69) is 36.5 Å². The van der Waals surface area contributed by atoms with Crippen molar-refractivity contribution in [2.24, 2.45) is 11.1 Å². The molecule has 106 valence electrons. The molecule has 19 heavy (non-hydrogen) atoms. The maximum atomic E-state index is 12.0. The van der Waals surface area contributed by atoms with Gasteiger partial charge >= 0.3 is 0 Å². The normalized spacial score (nSPS) is 11.4. The van der Waals surface area contributed by atoms with Crippen molar-refractivity contribution in [3.63, 3.8) is 0 Å². The van der Waals surface area contributed by atoms with Gasteiger partial charge in [0.2, 0.25) is 5.91 Å².